The van der Waals surface area contributed by atoms with E-state index in [1.165, 1.54) is 16.7 Å². The molecule has 1 spiro atoms. The lowest BCUT2D eigenvalue weighted by atomic mass is 9.72. The van der Waals surface area contributed by atoms with Gasteiger partial charge in [0.25, 0.3) is 0 Å². The Labute approximate surface area is 325 Å². The lowest BCUT2D eigenvalue weighted by Gasteiger charge is -2.61. The second kappa shape index (κ2) is 13.8. The fourth-order valence-corrected chi connectivity index (χ4v) is 10.2. The van der Waals surface area contributed by atoms with E-state index in [-0.39, 0.29) is 35.4 Å². The highest BCUT2D eigenvalue weighted by Gasteiger charge is 2.55. The van der Waals surface area contributed by atoms with Crippen molar-refractivity contribution in [2.45, 2.75) is 63.6 Å². The SMILES string of the molecule is COc1nc(-c2cccc(-c3cccc(-c4cc5c(c(OC)n4)C(N4CC6(CN(C(C)=O)C6)C4)CC5)c3Cl)c2Cl)cc2c1C(NC[C@@H]1CCC(=O)N1)CC2. The number of carbonyl (C=O) groups is 2. The Bertz CT molecular complexity index is 2180. The first-order valence-corrected chi connectivity index (χ1v) is 19.7. The van der Waals surface area contributed by atoms with E-state index < -0.39 is 0 Å². The summed E-state index contributed by atoms with van der Waals surface area (Å²) in [7, 11) is 3.35. The van der Waals surface area contributed by atoms with Crippen LogP contribution in [0.1, 0.15) is 66.9 Å². The summed E-state index contributed by atoms with van der Waals surface area (Å²) in [5, 5.41) is 7.81. The molecule has 4 aromatic rings. The number of rotatable bonds is 9. The Morgan fingerprint density at radius 1 is 0.833 bits per heavy atom. The molecule has 2 aromatic carbocycles. The molecular formula is C42H44Cl2N6O4. The van der Waals surface area contributed by atoms with Crippen molar-refractivity contribution in [3.8, 4) is 45.4 Å². The number of nitrogens with zero attached hydrogens (tertiary/aromatic N) is 4. The van der Waals surface area contributed by atoms with Crippen molar-refractivity contribution in [2.75, 3.05) is 46.9 Å². The van der Waals surface area contributed by atoms with E-state index >= 15 is 0 Å². The van der Waals surface area contributed by atoms with Gasteiger partial charge in [-0.3, -0.25) is 14.5 Å². The molecule has 0 saturated carbocycles. The fourth-order valence-electron chi connectivity index (χ4n) is 9.56. The molecule has 9 rings (SSSR count). The number of fused-ring (bicyclic) bond motifs is 2. The van der Waals surface area contributed by atoms with Crippen molar-refractivity contribution < 1.29 is 19.1 Å². The summed E-state index contributed by atoms with van der Waals surface area (Å²) in [4.78, 5) is 38.0. The number of carbonyl (C=O) groups excluding carboxylic acids is 2. The van der Waals surface area contributed by atoms with E-state index in [4.69, 9.17) is 42.6 Å². The standard InChI is InChI=1S/C42H44Cl2N6O4/c1-23(51)49-19-42(20-49)21-50(22-42)34-14-11-25-17-33(48-41(54-3)37(25)34)30-9-5-7-28(39(30)44)27-6-4-8-29(38(27)43)32-16-24-10-13-31(36(24)40(47-32)53-2)45-18-26-12-15-35(52)46-26/h4-9,16-17,26,31,34,45H,10-15,18-22H2,1-3H3,(H,46,52)/t26-,31?,34?/m0/s1. The van der Waals surface area contributed by atoms with E-state index in [0.29, 0.717) is 34.8 Å². The van der Waals surface area contributed by atoms with Gasteiger partial charge in [-0.05, 0) is 55.4 Å². The van der Waals surface area contributed by atoms with Gasteiger partial charge in [-0.2, -0.15) is 0 Å². The summed E-state index contributed by atoms with van der Waals surface area (Å²) in [6, 6.07) is 16.7. The number of methoxy groups -OCH3 is 2. The fraction of sp³-hybridized carbons (Fsp3) is 0.429. The van der Waals surface area contributed by atoms with Crippen LogP contribution >= 0.6 is 23.2 Å². The molecule has 12 heteroatoms. The Hall–Kier alpha value is -4.22. The number of pyridine rings is 2. The first kappa shape index (κ1) is 35.5. The maximum absolute atomic E-state index is 11.8. The maximum Gasteiger partial charge on any atom is 0.220 e. The Morgan fingerprint density at radius 3 is 1.98 bits per heavy atom. The highest BCUT2D eigenvalue weighted by molar-refractivity contribution is 6.39. The molecule has 2 aliphatic carbocycles. The van der Waals surface area contributed by atoms with Gasteiger partial charge in [0.05, 0.1) is 35.7 Å². The van der Waals surface area contributed by atoms with Crippen LogP contribution in [0.3, 0.4) is 0 Å². The number of nitrogens with one attached hydrogen (secondary N) is 2. The van der Waals surface area contributed by atoms with Gasteiger partial charge < -0.3 is 25.0 Å². The lowest BCUT2D eigenvalue weighted by molar-refractivity contribution is -0.161. The smallest absolute Gasteiger partial charge is 0.220 e. The van der Waals surface area contributed by atoms with Gasteiger partial charge in [0.1, 0.15) is 0 Å². The first-order valence-electron chi connectivity index (χ1n) is 18.9. The summed E-state index contributed by atoms with van der Waals surface area (Å²) in [6.07, 6.45) is 5.20. The third-order valence-electron chi connectivity index (χ3n) is 12.2. The first-order chi connectivity index (χ1) is 26.1. The molecule has 2 N–H and O–H groups in total. The summed E-state index contributed by atoms with van der Waals surface area (Å²) in [5.41, 5.74) is 9.64. The van der Waals surface area contributed by atoms with Gasteiger partial charge in [0, 0.05) is 103 Å². The van der Waals surface area contributed by atoms with Gasteiger partial charge in [-0.25, -0.2) is 9.97 Å². The number of amides is 2. The highest BCUT2D eigenvalue weighted by Crippen LogP contribution is 2.51. The van der Waals surface area contributed by atoms with Gasteiger partial charge in [-0.1, -0.05) is 59.6 Å². The van der Waals surface area contributed by atoms with Gasteiger partial charge >= 0.3 is 0 Å². The number of halogens is 2. The van der Waals surface area contributed by atoms with E-state index in [2.05, 4.69) is 27.7 Å². The molecule has 0 radical (unpaired) electrons. The molecule has 5 aliphatic rings. The van der Waals surface area contributed by atoms with Crippen LogP contribution in [0.2, 0.25) is 10.0 Å². The van der Waals surface area contributed by atoms with Gasteiger partial charge in [-0.15, -0.1) is 0 Å². The van der Waals surface area contributed by atoms with Crippen LogP contribution < -0.4 is 20.1 Å². The maximum atomic E-state index is 11.8. The molecule has 3 saturated heterocycles. The van der Waals surface area contributed by atoms with E-state index in [1.807, 2.05) is 41.3 Å². The zero-order valence-electron chi connectivity index (χ0n) is 30.8. The minimum atomic E-state index is 0.102. The van der Waals surface area contributed by atoms with Crippen LogP contribution in [-0.4, -0.2) is 84.6 Å². The van der Waals surface area contributed by atoms with Crippen LogP contribution in [0.25, 0.3) is 33.6 Å². The highest BCUT2D eigenvalue weighted by atomic mass is 35.5. The molecule has 54 heavy (non-hydrogen) atoms. The molecule has 280 valence electrons. The average Bonchev–Trinajstić information content (AvgIpc) is 3.87. The zero-order chi connectivity index (χ0) is 37.3. The number of aromatic nitrogens is 2. The summed E-state index contributed by atoms with van der Waals surface area (Å²) in [5.74, 6) is 1.51. The van der Waals surface area contributed by atoms with Crippen molar-refractivity contribution >= 4 is 35.0 Å². The largest absolute Gasteiger partial charge is 0.481 e. The Morgan fingerprint density at radius 2 is 1.41 bits per heavy atom. The quantitative estimate of drug-likeness (QED) is 0.192. The van der Waals surface area contributed by atoms with Crippen LogP contribution in [0.4, 0.5) is 0 Å². The van der Waals surface area contributed by atoms with Crippen LogP contribution in [0, 0.1) is 5.41 Å². The number of aryl methyl sites for hydroxylation is 2. The van der Waals surface area contributed by atoms with Crippen molar-refractivity contribution in [3.05, 3.63) is 80.8 Å². The molecule has 3 atom stereocenters. The molecule has 5 heterocycles. The summed E-state index contributed by atoms with van der Waals surface area (Å²) in [6.45, 7) is 6.06. The van der Waals surface area contributed by atoms with Crippen LogP contribution in [0.15, 0.2) is 48.5 Å². The second-order valence-electron chi connectivity index (χ2n) is 15.7. The molecule has 2 amide bonds. The molecule has 10 nitrogen and oxygen atoms in total. The average molecular weight is 768 g/mol. The molecule has 3 aliphatic heterocycles. The molecule has 2 aromatic heterocycles. The third kappa shape index (κ3) is 6.02. The van der Waals surface area contributed by atoms with E-state index in [1.54, 1.807) is 21.1 Å². The third-order valence-corrected chi connectivity index (χ3v) is 13.0. The predicted molar refractivity (Wildman–Crippen MR) is 209 cm³/mol. The van der Waals surface area contributed by atoms with E-state index in [9.17, 15) is 9.59 Å². The van der Waals surface area contributed by atoms with Gasteiger partial charge in [0.2, 0.25) is 23.6 Å². The number of hydrogen-bond donors (Lipinski definition) is 2. The number of ether oxygens (including phenoxy) is 2. The van der Waals surface area contributed by atoms with Crippen molar-refractivity contribution in [1.29, 1.82) is 0 Å². The molecule has 3 fully saturated rings. The van der Waals surface area contributed by atoms with E-state index in [0.717, 1.165) is 97.5 Å². The lowest BCUT2D eigenvalue weighted by Crippen LogP contribution is -2.72. The number of benzene rings is 2. The predicted octanol–water partition coefficient (Wildman–Crippen LogP) is 6.81. The van der Waals surface area contributed by atoms with Crippen molar-refractivity contribution in [2.24, 2.45) is 5.41 Å². The monoisotopic (exact) mass is 766 g/mol. The van der Waals surface area contributed by atoms with Crippen LogP contribution in [0.5, 0.6) is 11.8 Å². The number of likely N-dealkylation sites (tertiary alicyclic amines) is 2. The minimum Gasteiger partial charge on any atom is -0.481 e. The normalized spacial score (nSPS) is 22.4. The van der Waals surface area contributed by atoms with Gasteiger partial charge in [0.15, 0.2) is 0 Å². The Kier molecular flexibility index (Phi) is 9.08. The molecule has 0 bridgehead atoms. The number of hydrogen-bond acceptors (Lipinski definition) is 8. The molecule has 2 unspecified atom stereocenters. The summed E-state index contributed by atoms with van der Waals surface area (Å²) < 4.78 is 11.8. The Balaban J connectivity index is 0.980. The minimum absolute atomic E-state index is 0.102. The molecular weight excluding hydrogens is 723 g/mol. The second-order valence-corrected chi connectivity index (χ2v) is 16.4. The van der Waals surface area contributed by atoms with Crippen molar-refractivity contribution in [1.82, 2.24) is 30.4 Å². The van der Waals surface area contributed by atoms with Crippen molar-refractivity contribution in [3.63, 3.8) is 0 Å². The zero-order valence-corrected chi connectivity index (χ0v) is 32.3. The van der Waals surface area contributed by atoms with Crippen LogP contribution in [-0.2, 0) is 22.4 Å². The topological polar surface area (TPSA) is 109 Å². The summed E-state index contributed by atoms with van der Waals surface area (Å²) >= 11 is 14.5.